The van der Waals surface area contributed by atoms with Gasteiger partial charge in [-0.3, -0.25) is 0 Å². The van der Waals surface area contributed by atoms with Gasteiger partial charge in [-0.15, -0.1) is 12.4 Å². The van der Waals surface area contributed by atoms with Crippen LogP contribution >= 0.6 is 12.4 Å². The highest BCUT2D eigenvalue weighted by Gasteiger charge is 1.54. The first-order valence-corrected chi connectivity index (χ1v) is 2.63. The van der Waals surface area contributed by atoms with E-state index in [1.165, 1.54) is 0 Å². The van der Waals surface area contributed by atoms with Crippen LogP contribution in [0.15, 0.2) is 0 Å². The molecule has 0 aliphatic carbocycles. The van der Waals surface area contributed by atoms with Gasteiger partial charge >= 0.3 is 0 Å². The standard InChI is InChI=1S/2C2H8N2.ClH/c2*3-1-2-4;/h2*1-4H2;1H. The molecule has 0 aromatic heterocycles. The Morgan fingerprint density at radius 1 is 0.556 bits per heavy atom. The van der Waals surface area contributed by atoms with Crippen LogP contribution < -0.4 is 22.9 Å². The average molecular weight is 157 g/mol. The number of halogens is 1. The van der Waals surface area contributed by atoms with Crippen molar-refractivity contribution in [3.8, 4) is 0 Å². The summed E-state index contributed by atoms with van der Waals surface area (Å²) in [7, 11) is 0. The molecule has 0 amide bonds. The van der Waals surface area contributed by atoms with Crippen LogP contribution in [0.1, 0.15) is 0 Å². The maximum atomic E-state index is 4.90. The molecule has 0 spiro atoms. The Bertz CT molecular complexity index is 20.5. The number of hydrogen-bond acceptors (Lipinski definition) is 4. The van der Waals surface area contributed by atoms with Gasteiger partial charge in [-0.25, -0.2) is 0 Å². The van der Waals surface area contributed by atoms with Gasteiger partial charge in [-0.05, 0) is 0 Å². The molecule has 4 nitrogen and oxygen atoms in total. The van der Waals surface area contributed by atoms with Crippen molar-refractivity contribution in [3.63, 3.8) is 0 Å². The number of rotatable bonds is 2. The van der Waals surface area contributed by atoms with Gasteiger partial charge in [-0.1, -0.05) is 0 Å². The summed E-state index contributed by atoms with van der Waals surface area (Å²) in [5.74, 6) is 0. The fourth-order valence-electron chi connectivity index (χ4n) is 0. The molecule has 0 saturated carbocycles. The predicted octanol–water partition coefficient (Wildman–Crippen LogP) is -1.77. The van der Waals surface area contributed by atoms with Gasteiger partial charge in [0.25, 0.3) is 0 Å². The molecule has 0 heterocycles. The molecule has 60 valence electrons. The van der Waals surface area contributed by atoms with Gasteiger partial charge < -0.3 is 22.9 Å². The number of nitrogens with two attached hydrogens (primary N) is 4. The van der Waals surface area contributed by atoms with Crippen LogP contribution in [-0.2, 0) is 0 Å². The first kappa shape index (κ1) is 16.1. The Balaban J connectivity index is -0.0000000720. The van der Waals surface area contributed by atoms with Gasteiger partial charge in [0.15, 0.2) is 0 Å². The molecule has 0 aromatic rings. The molecule has 0 aliphatic heterocycles. The summed E-state index contributed by atoms with van der Waals surface area (Å²) in [5.41, 5.74) is 19.6. The quantitative estimate of drug-likeness (QED) is 0.380. The molecule has 0 aliphatic rings. The third kappa shape index (κ3) is 67.3. The summed E-state index contributed by atoms with van der Waals surface area (Å²) in [6.45, 7) is 2.39. The minimum absolute atomic E-state index is 0. The summed E-state index contributed by atoms with van der Waals surface area (Å²) in [5, 5.41) is 0. The zero-order chi connectivity index (χ0) is 6.83. The van der Waals surface area contributed by atoms with Crippen molar-refractivity contribution < 1.29 is 0 Å². The Labute approximate surface area is 62.4 Å². The highest BCUT2D eigenvalue weighted by Crippen LogP contribution is 1.24. The first-order chi connectivity index (χ1) is 3.83. The van der Waals surface area contributed by atoms with Crippen molar-refractivity contribution >= 4 is 12.4 Å². The van der Waals surface area contributed by atoms with Crippen LogP contribution in [0.2, 0.25) is 0 Å². The molecule has 0 bridgehead atoms. The molecule has 0 unspecified atom stereocenters. The fourth-order valence-corrected chi connectivity index (χ4v) is 0. The predicted molar refractivity (Wildman–Crippen MR) is 43.5 cm³/mol. The lowest BCUT2D eigenvalue weighted by Crippen LogP contribution is -2.11. The van der Waals surface area contributed by atoms with Gasteiger partial charge in [0.2, 0.25) is 0 Å². The van der Waals surface area contributed by atoms with Gasteiger partial charge in [-0.2, -0.15) is 0 Å². The van der Waals surface area contributed by atoms with E-state index in [4.69, 9.17) is 22.9 Å². The van der Waals surface area contributed by atoms with E-state index in [2.05, 4.69) is 0 Å². The molecule has 0 radical (unpaired) electrons. The van der Waals surface area contributed by atoms with Crippen LogP contribution in [-0.4, -0.2) is 26.2 Å². The Morgan fingerprint density at radius 2 is 0.667 bits per heavy atom. The summed E-state index contributed by atoms with van der Waals surface area (Å²) < 4.78 is 0. The molecule has 0 rings (SSSR count). The molecule has 0 fully saturated rings. The molecular formula is C4H17ClN4. The Kier molecular flexibility index (Phi) is 43.2. The van der Waals surface area contributed by atoms with Gasteiger partial charge in [0.05, 0.1) is 0 Å². The SMILES string of the molecule is Cl.NCCN.NCCN. The lowest BCUT2D eigenvalue weighted by Gasteiger charge is -1.72. The zero-order valence-corrected chi connectivity index (χ0v) is 6.36. The van der Waals surface area contributed by atoms with E-state index in [-0.39, 0.29) is 12.4 Å². The van der Waals surface area contributed by atoms with E-state index in [0.717, 1.165) is 0 Å². The van der Waals surface area contributed by atoms with E-state index in [0.29, 0.717) is 26.2 Å². The zero-order valence-electron chi connectivity index (χ0n) is 5.55. The minimum atomic E-state index is 0. The molecule has 0 aromatic carbocycles. The highest BCUT2D eigenvalue weighted by molar-refractivity contribution is 5.85. The van der Waals surface area contributed by atoms with E-state index >= 15 is 0 Å². The average Bonchev–Trinajstić information content (AvgIpc) is 1.88. The smallest absolute Gasteiger partial charge is 0.00461 e. The molecular weight excluding hydrogens is 140 g/mol. The molecule has 9 heavy (non-hydrogen) atoms. The topological polar surface area (TPSA) is 104 Å². The normalized spacial score (nSPS) is 6.67. The second-order valence-electron chi connectivity index (χ2n) is 1.15. The lowest BCUT2D eigenvalue weighted by atomic mass is 10.7. The maximum absolute atomic E-state index is 4.90. The van der Waals surface area contributed by atoms with E-state index in [9.17, 15) is 0 Å². The second-order valence-corrected chi connectivity index (χ2v) is 1.15. The third-order valence-electron chi connectivity index (χ3n) is 0.333. The Hall–Kier alpha value is 0.130. The summed E-state index contributed by atoms with van der Waals surface area (Å²) in [6.07, 6.45) is 0. The monoisotopic (exact) mass is 156 g/mol. The molecule has 5 heteroatoms. The lowest BCUT2D eigenvalue weighted by molar-refractivity contribution is 0.976. The van der Waals surface area contributed by atoms with Crippen LogP contribution in [0.4, 0.5) is 0 Å². The first-order valence-electron chi connectivity index (χ1n) is 2.63. The van der Waals surface area contributed by atoms with E-state index in [1.54, 1.807) is 0 Å². The van der Waals surface area contributed by atoms with Crippen molar-refractivity contribution in [3.05, 3.63) is 0 Å². The molecule has 0 atom stereocenters. The third-order valence-corrected chi connectivity index (χ3v) is 0.333. The minimum Gasteiger partial charge on any atom is -0.329 e. The largest absolute Gasteiger partial charge is 0.329 e. The van der Waals surface area contributed by atoms with Crippen LogP contribution in [0, 0.1) is 0 Å². The summed E-state index contributed by atoms with van der Waals surface area (Å²) in [6, 6.07) is 0. The van der Waals surface area contributed by atoms with Crippen molar-refractivity contribution in [2.45, 2.75) is 0 Å². The van der Waals surface area contributed by atoms with Crippen LogP contribution in [0.25, 0.3) is 0 Å². The number of hydrogen-bond donors (Lipinski definition) is 4. The maximum Gasteiger partial charge on any atom is 0.00461 e. The van der Waals surface area contributed by atoms with E-state index < -0.39 is 0 Å². The van der Waals surface area contributed by atoms with Crippen LogP contribution in [0.3, 0.4) is 0 Å². The van der Waals surface area contributed by atoms with Crippen LogP contribution in [0.5, 0.6) is 0 Å². The Morgan fingerprint density at radius 3 is 0.667 bits per heavy atom. The van der Waals surface area contributed by atoms with Crippen molar-refractivity contribution in [2.24, 2.45) is 22.9 Å². The van der Waals surface area contributed by atoms with Gasteiger partial charge in [0, 0.05) is 26.2 Å². The van der Waals surface area contributed by atoms with Crippen molar-refractivity contribution in [1.29, 1.82) is 0 Å². The van der Waals surface area contributed by atoms with Crippen molar-refractivity contribution in [2.75, 3.05) is 26.2 Å². The highest BCUT2D eigenvalue weighted by atomic mass is 35.5. The van der Waals surface area contributed by atoms with Crippen molar-refractivity contribution in [1.82, 2.24) is 0 Å². The molecule has 8 N–H and O–H groups in total. The second kappa shape index (κ2) is 24.2. The fraction of sp³-hybridized carbons (Fsp3) is 1.00. The van der Waals surface area contributed by atoms with Gasteiger partial charge in [0.1, 0.15) is 0 Å². The summed E-state index contributed by atoms with van der Waals surface area (Å²) >= 11 is 0. The summed E-state index contributed by atoms with van der Waals surface area (Å²) in [4.78, 5) is 0. The van der Waals surface area contributed by atoms with E-state index in [1.807, 2.05) is 0 Å². The molecule has 0 saturated heterocycles.